The summed E-state index contributed by atoms with van der Waals surface area (Å²) in [7, 11) is 0. The van der Waals surface area contributed by atoms with E-state index in [9.17, 15) is 9.90 Å². The van der Waals surface area contributed by atoms with Crippen molar-refractivity contribution in [2.24, 2.45) is 5.73 Å². The van der Waals surface area contributed by atoms with E-state index in [4.69, 9.17) is 5.73 Å². The van der Waals surface area contributed by atoms with Crippen LogP contribution in [0.3, 0.4) is 0 Å². The highest BCUT2D eigenvalue weighted by Gasteiger charge is 2.20. The molecule has 0 aliphatic heterocycles. The van der Waals surface area contributed by atoms with Gasteiger partial charge in [0, 0.05) is 11.3 Å². The van der Waals surface area contributed by atoms with Crippen molar-refractivity contribution in [2.45, 2.75) is 13.8 Å². The van der Waals surface area contributed by atoms with Crippen molar-refractivity contribution in [3.05, 3.63) is 33.8 Å². The van der Waals surface area contributed by atoms with Gasteiger partial charge >= 0.3 is 0 Å². The molecule has 3 N–H and O–H groups in total. The molecule has 0 spiro atoms. The van der Waals surface area contributed by atoms with E-state index in [0.717, 1.165) is 5.56 Å². The first-order valence-corrected chi connectivity index (χ1v) is 5.99. The van der Waals surface area contributed by atoms with Crippen molar-refractivity contribution < 1.29 is 9.90 Å². The van der Waals surface area contributed by atoms with E-state index in [1.54, 1.807) is 13.8 Å². The highest BCUT2D eigenvalue weighted by Crippen LogP contribution is 2.36. The maximum atomic E-state index is 11.3. The zero-order chi connectivity index (χ0) is 12.6. The Balaban J connectivity index is 2.77. The molecule has 0 radical (unpaired) electrons. The molecule has 2 rings (SSSR count). The molecule has 0 aliphatic rings. The number of aromatic nitrogens is 1. The minimum Gasteiger partial charge on any atom is -0.506 e. The lowest BCUT2D eigenvalue weighted by Crippen LogP contribution is -2.15. The minimum atomic E-state index is -0.663. The summed E-state index contributed by atoms with van der Waals surface area (Å²) < 4.78 is 0. The predicted octanol–water partition coefficient (Wildman–Crippen LogP) is 2.23. The molecule has 17 heavy (non-hydrogen) atoms. The summed E-state index contributed by atoms with van der Waals surface area (Å²) in [4.78, 5) is 15.6. The number of thiophene rings is 1. The van der Waals surface area contributed by atoms with Crippen LogP contribution in [0, 0.1) is 13.8 Å². The fourth-order valence-corrected chi connectivity index (χ4v) is 2.53. The quantitative estimate of drug-likeness (QED) is 0.855. The molecular weight excluding hydrogens is 236 g/mol. The van der Waals surface area contributed by atoms with Gasteiger partial charge in [-0.25, -0.2) is 0 Å². The van der Waals surface area contributed by atoms with Gasteiger partial charge in [0.15, 0.2) is 0 Å². The van der Waals surface area contributed by atoms with Gasteiger partial charge in [-0.3, -0.25) is 9.78 Å². The third-order valence-corrected chi connectivity index (χ3v) is 3.27. The monoisotopic (exact) mass is 248 g/mol. The van der Waals surface area contributed by atoms with E-state index in [1.165, 1.54) is 11.3 Å². The number of pyridine rings is 1. The van der Waals surface area contributed by atoms with E-state index in [0.29, 0.717) is 17.0 Å². The average molecular weight is 248 g/mol. The van der Waals surface area contributed by atoms with Gasteiger partial charge in [-0.2, -0.15) is 11.3 Å². The van der Waals surface area contributed by atoms with Gasteiger partial charge in [0.05, 0.1) is 5.69 Å². The number of rotatable bonds is 2. The molecule has 2 heterocycles. The number of hydrogen-bond acceptors (Lipinski definition) is 4. The lowest BCUT2D eigenvalue weighted by molar-refractivity contribution is 0.0997. The molecule has 0 saturated heterocycles. The number of carbonyl (C=O) groups excluding carboxylic acids is 1. The Bertz CT molecular complexity index is 577. The van der Waals surface area contributed by atoms with Crippen LogP contribution in [-0.4, -0.2) is 16.0 Å². The first kappa shape index (κ1) is 11.6. The number of aromatic hydroxyl groups is 1. The lowest BCUT2D eigenvalue weighted by atomic mass is 10.0. The summed E-state index contributed by atoms with van der Waals surface area (Å²) in [6.45, 7) is 3.45. The Morgan fingerprint density at radius 2 is 2.12 bits per heavy atom. The fourth-order valence-electron chi connectivity index (χ4n) is 1.88. The van der Waals surface area contributed by atoms with Gasteiger partial charge in [-0.15, -0.1) is 0 Å². The molecule has 4 nitrogen and oxygen atoms in total. The maximum absolute atomic E-state index is 11.3. The SMILES string of the molecule is Cc1nc(C)c(-c2ccsc2)c(O)c1C(N)=O. The normalized spacial score (nSPS) is 10.5. The number of aryl methyl sites for hydroxylation is 2. The highest BCUT2D eigenvalue weighted by atomic mass is 32.1. The van der Waals surface area contributed by atoms with Crippen LogP contribution in [0.25, 0.3) is 11.1 Å². The Morgan fingerprint density at radius 1 is 1.41 bits per heavy atom. The van der Waals surface area contributed by atoms with Crippen molar-refractivity contribution in [1.82, 2.24) is 4.98 Å². The largest absolute Gasteiger partial charge is 0.506 e. The summed E-state index contributed by atoms with van der Waals surface area (Å²) in [6.07, 6.45) is 0. The smallest absolute Gasteiger partial charge is 0.254 e. The Kier molecular flexibility index (Phi) is 2.85. The lowest BCUT2D eigenvalue weighted by Gasteiger charge is -2.11. The number of nitrogens with two attached hydrogens (primary N) is 1. The third-order valence-electron chi connectivity index (χ3n) is 2.59. The Labute approximate surface area is 103 Å². The number of carbonyl (C=O) groups is 1. The summed E-state index contributed by atoms with van der Waals surface area (Å²) in [6, 6.07) is 1.87. The van der Waals surface area contributed by atoms with Gasteiger partial charge < -0.3 is 10.8 Å². The van der Waals surface area contributed by atoms with Crippen LogP contribution in [0.4, 0.5) is 0 Å². The van der Waals surface area contributed by atoms with Crippen molar-refractivity contribution >= 4 is 17.2 Å². The second kappa shape index (κ2) is 4.18. The van der Waals surface area contributed by atoms with Gasteiger partial charge in [-0.1, -0.05) is 0 Å². The number of primary amides is 1. The Morgan fingerprint density at radius 3 is 2.65 bits per heavy atom. The van der Waals surface area contributed by atoms with Crippen LogP contribution in [-0.2, 0) is 0 Å². The molecule has 0 fully saturated rings. The summed E-state index contributed by atoms with van der Waals surface area (Å²) in [5.41, 5.74) is 7.90. The molecule has 5 heteroatoms. The first-order chi connectivity index (χ1) is 8.02. The van der Waals surface area contributed by atoms with Crippen LogP contribution >= 0.6 is 11.3 Å². The van der Waals surface area contributed by atoms with Crippen molar-refractivity contribution in [3.63, 3.8) is 0 Å². The number of amides is 1. The Hall–Kier alpha value is -1.88. The molecule has 0 atom stereocenters. The van der Waals surface area contributed by atoms with Gasteiger partial charge in [0.25, 0.3) is 5.91 Å². The fraction of sp³-hybridized carbons (Fsp3) is 0.167. The molecular formula is C12H12N2O2S. The van der Waals surface area contributed by atoms with Crippen LogP contribution in [0.15, 0.2) is 16.8 Å². The molecule has 2 aromatic rings. The van der Waals surface area contributed by atoms with E-state index in [1.807, 2.05) is 16.8 Å². The van der Waals surface area contributed by atoms with Crippen LogP contribution in [0.5, 0.6) is 5.75 Å². The first-order valence-electron chi connectivity index (χ1n) is 5.05. The van der Waals surface area contributed by atoms with Crippen molar-refractivity contribution in [2.75, 3.05) is 0 Å². The molecule has 0 unspecified atom stereocenters. The molecule has 0 saturated carbocycles. The molecule has 0 aliphatic carbocycles. The number of hydrogen-bond donors (Lipinski definition) is 2. The highest BCUT2D eigenvalue weighted by molar-refractivity contribution is 7.08. The topological polar surface area (TPSA) is 76.2 Å². The van der Waals surface area contributed by atoms with Gasteiger partial charge in [-0.05, 0) is 36.2 Å². The molecule has 2 aromatic heterocycles. The minimum absolute atomic E-state index is 0.0825. The maximum Gasteiger partial charge on any atom is 0.254 e. The zero-order valence-corrected chi connectivity index (χ0v) is 10.3. The van der Waals surface area contributed by atoms with E-state index in [2.05, 4.69) is 4.98 Å². The average Bonchev–Trinajstić information content (AvgIpc) is 2.69. The van der Waals surface area contributed by atoms with Crippen molar-refractivity contribution in [1.29, 1.82) is 0 Å². The van der Waals surface area contributed by atoms with E-state index >= 15 is 0 Å². The summed E-state index contributed by atoms with van der Waals surface area (Å²) in [5, 5.41) is 13.9. The molecule has 1 amide bonds. The molecule has 88 valence electrons. The van der Waals surface area contributed by atoms with Crippen molar-refractivity contribution in [3.8, 4) is 16.9 Å². The van der Waals surface area contributed by atoms with E-state index < -0.39 is 5.91 Å². The van der Waals surface area contributed by atoms with Gasteiger partial charge in [0.1, 0.15) is 11.3 Å². The van der Waals surface area contributed by atoms with Gasteiger partial charge in [0.2, 0.25) is 0 Å². The molecule has 0 aromatic carbocycles. The standard InChI is InChI=1S/C12H12N2O2S/c1-6-9(8-3-4-17-5-8)11(15)10(12(13)16)7(2)14-6/h3-5H,1-2H3,(H2,13,16)(H,14,15). The molecule has 0 bridgehead atoms. The second-order valence-corrected chi connectivity index (χ2v) is 4.54. The van der Waals surface area contributed by atoms with Crippen LogP contribution < -0.4 is 5.73 Å². The number of nitrogens with zero attached hydrogens (tertiary/aromatic N) is 1. The second-order valence-electron chi connectivity index (χ2n) is 3.76. The summed E-state index contributed by atoms with van der Waals surface area (Å²) >= 11 is 1.52. The summed E-state index contributed by atoms with van der Waals surface area (Å²) in [5.74, 6) is -0.745. The van der Waals surface area contributed by atoms with Crippen LogP contribution in [0.1, 0.15) is 21.7 Å². The zero-order valence-electron chi connectivity index (χ0n) is 9.52. The van der Waals surface area contributed by atoms with E-state index in [-0.39, 0.29) is 11.3 Å². The van der Waals surface area contributed by atoms with Crippen LogP contribution in [0.2, 0.25) is 0 Å². The third kappa shape index (κ3) is 1.89. The predicted molar refractivity (Wildman–Crippen MR) is 67.2 cm³/mol.